The number of aromatic nitrogens is 4. The smallest absolute Gasteiger partial charge is 0.318 e. The Bertz CT molecular complexity index is 600. The number of carbonyl (C=O) groups excluding carboxylic acids is 1. The van der Waals surface area contributed by atoms with E-state index in [1.54, 1.807) is 19.3 Å². The van der Waals surface area contributed by atoms with Crippen LogP contribution in [0.3, 0.4) is 0 Å². The fraction of sp³-hybridized carbons (Fsp3) is 0.429. The number of ether oxygens (including phenoxy) is 1. The van der Waals surface area contributed by atoms with Crippen molar-refractivity contribution in [1.82, 2.24) is 19.7 Å². The van der Waals surface area contributed by atoms with Gasteiger partial charge in [0.2, 0.25) is 0 Å². The summed E-state index contributed by atoms with van der Waals surface area (Å²) in [5.41, 5.74) is 0.962. The minimum atomic E-state index is -0.319. The van der Waals surface area contributed by atoms with Gasteiger partial charge in [-0.25, -0.2) is 0 Å². The summed E-state index contributed by atoms with van der Waals surface area (Å²) in [5.74, 6) is 0.523. The van der Waals surface area contributed by atoms with Crippen molar-refractivity contribution in [2.45, 2.75) is 37.2 Å². The fourth-order valence-electron chi connectivity index (χ4n) is 1.89. The van der Waals surface area contributed by atoms with E-state index in [4.69, 9.17) is 4.74 Å². The molecular weight excluding hydrogens is 288 g/mol. The molecule has 0 bridgehead atoms. The van der Waals surface area contributed by atoms with Gasteiger partial charge in [0.1, 0.15) is 5.25 Å². The van der Waals surface area contributed by atoms with Gasteiger partial charge >= 0.3 is 5.97 Å². The SMILES string of the molecule is CCCn1c(SC(C)C(=O)OC)nnc1-c1ccncc1. The molecule has 0 spiro atoms. The molecular formula is C14H18N4O2S. The van der Waals surface area contributed by atoms with Crippen LogP contribution in [0.25, 0.3) is 11.4 Å². The van der Waals surface area contributed by atoms with Gasteiger partial charge in [-0.05, 0) is 25.5 Å². The second-order valence-electron chi connectivity index (χ2n) is 4.48. The topological polar surface area (TPSA) is 69.9 Å². The molecule has 0 amide bonds. The van der Waals surface area contributed by atoms with Gasteiger partial charge in [-0.15, -0.1) is 10.2 Å². The molecule has 7 heteroatoms. The summed E-state index contributed by atoms with van der Waals surface area (Å²) >= 11 is 1.36. The molecule has 0 N–H and O–H groups in total. The van der Waals surface area contributed by atoms with Crippen LogP contribution < -0.4 is 0 Å². The minimum Gasteiger partial charge on any atom is -0.468 e. The van der Waals surface area contributed by atoms with Gasteiger partial charge in [0, 0.05) is 24.5 Å². The first-order valence-corrected chi connectivity index (χ1v) is 7.63. The van der Waals surface area contributed by atoms with Crippen molar-refractivity contribution in [1.29, 1.82) is 0 Å². The standard InChI is InChI=1S/C14H18N4O2S/c1-4-9-18-12(11-5-7-15-8-6-11)16-17-14(18)21-10(2)13(19)20-3/h5-8,10H,4,9H2,1-3H3. The number of thioether (sulfide) groups is 1. The first kappa shape index (κ1) is 15.5. The maximum Gasteiger partial charge on any atom is 0.318 e. The van der Waals surface area contributed by atoms with Crippen LogP contribution in [0.4, 0.5) is 0 Å². The lowest BCUT2D eigenvalue weighted by molar-refractivity contribution is -0.139. The summed E-state index contributed by atoms with van der Waals surface area (Å²) in [6.45, 7) is 4.68. The Hall–Kier alpha value is -1.89. The fourth-order valence-corrected chi connectivity index (χ4v) is 2.79. The van der Waals surface area contributed by atoms with Crippen LogP contribution in [0.15, 0.2) is 29.7 Å². The van der Waals surface area contributed by atoms with E-state index < -0.39 is 0 Å². The van der Waals surface area contributed by atoms with E-state index in [0.29, 0.717) is 0 Å². The molecule has 6 nitrogen and oxygen atoms in total. The molecule has 21 heavy (non-hydrogen) atoms. The molecule has 2 aromatic heterocycles. The average molecular weight is 306 g/mol. The van der Waals surface area contributed by atoms with Crippen LogP contribution >= 0.6 is 11.8 Å². The second-order valence-corrected chi connectivity index (χ2v) is 5.78. The monoisotopic (exact) mass is 306 g/mol. The predicted molar refractivity (Wildman–Crippen MR) is 80.9 cm³/mol. The van der Waals surface area contributed by atoms with E-state index in [1.807, 2.05) is 16.7 Å². The maximum atomic E-state index is 11.6. The second kappa shape index (κ2) is 7.21. The summed E-state index contributed by atoms with van der Waals surface area (Å²) in [6.07, 6.45) is 4.41. The number of methoxy groups -OCH3 is 1. The zero-order valence-electron chi connectivity index (χ0n) is 12.3. The van der Waals surface area contributed by atoms with Crippen molar-refractivity contribution in [3.8, 4) is 11.4 Å². The third-order valence-corrected chi connectivity index (χ3v) is 3.98. The molecule has 0 saturated carbocycles. The lowest BCUT2D eigenvalue weighted by atomic mass is 10.2. The summed E-state index contributed by atoms with van der Waals surface area (Å²) < 4.78 is 6.78. The third kappa shape index (κ3) is 3.60. The number of carbonyl (C=O) groups is 1. The van der Waals surface area contributed by atoms with Crippen LogP contribution in [-0.4, -0.2) is 38.1 Å². The molecule has 0 fully saturated rings. The number of hydrogen-bond acceptors (Lipinski definition) is 6. The summed E-state index contributed by atoms with van der Waals surface area (Å²) in [4.78, 5) is 15.6. The van der Waals surface area contributed by atoms with Gasteiger partial charge in [-0.3, -0.25) is 9.78 Å². The number of esters is 1. The molecule has 0 saturated heterocycles. The van der Waals surface area contributed by atoms with Crippen molar-refractivity contribution >= 4 is 17.7 Å². The highest BCUT2D eigenvalue weighted by Gasteiger charge is 2.20. The Morgan fingerprint density at radius 1 is 1.38 bits per heavy atom. The molecule has 0 radical (unpaired) electrons. The summed E-state index contributed by atoms with van der Waals surface area (Å²) in [7, 11) is 1.39. The largest absolute Gasteiger partial charge is 0.468 e. The van der Waals surface area contributed by atoms with Crippen LogP contribution in [0, 0.1) is 0 Å². The van der Waals surface area contributed by atoms with Gasteiger partial charge in [-0.2, -0.15) is 0 Å². The highest BCUT2D eigenvalue weighted by atomic mass is 32.2. The Morgan fingerprint density at radius 3 is 2.71 bits per heavy atom. The van der Waals surface area contributed by atoms with Crippen LogP contribution in [0.2, 0.25) is 0 Å². The normalized spacial score (nSPS) is 12.1. The van der Waals surface area contributed by atoms with E-state index in [-0.39, 0.29) is 11.2 Å². The molecule has 2 rings (SSSR count). The van der Waals surface area contributed by atoms with Gasteiger partial charge in [0.05, 0.1) is 7.11 Å². The van der Waals surface area contributed by atoms with Crippen LogP contribution in [-0.2, 0) is 16.1 Å². The average Bonchev–Trinajstić information content (AvgIpc) is 2.90. The number of rotatable bonds is 6. The van der Waals surface area contributed by atoms with E-state index in [0.717, 1.165) is 29.5 Å². The first-order valence-electron chi connectivity index (χ1n) is 6.75. The number of nitrogens with zero attached hydrogens (tertiary/aromatic N) is 4. The van der Waals surface area contributed by atoms with Crippen LogP contribution in [0.1, 0.15) is 20.3 Å². The third-order valence-electron chi connectivity index (χ3n) is 2.92. The van der Waals surface area contributed by atoms with Crippen molar-refractivity contribution in [2.24, 2.45) is 0 Å². The van der Waals surface area contributed by atoms with E-state index in [1.165, 1.54) is 18.9 Å². The highest BCUT2D eigenvalue weighted by Crippen LogP contribution is 2.27. The van der Waals surface area contributed by atoms with E-state index in [9.17, 15) is 4.79 Å². The number of hydrogen-bond donors (Lipinski definition) is 0. The van der Waals surface area contributed by atoms with Crippen molar-refractivity contribution in [2.75, 3.05) is 7.11 Å². The van der Waals surface area contributed by atoms with E-state index in [2.05, 4.69) is 22.1 Å². The molecule has 1 atom stereocenters. The molecule has 0 aliphatic carbocycles. The number of pyridine rings is 1. The van der Waals surface area contributed by atoms with Gasteiger partial charge in [0.25, 0.3) is 0 Å². The Labute approximate surface area is 127 Å². The van der Waals surface area contributed by atoms with Gasteiger partial charge < -0.3 is 9.30 Å². The Morgan fingerprint density at radius 2 is 2.10 bits per heavy atom. The summed E-state index contributed by atoms with van der Waals surface area (Å²) in [6, 6.07) is 3.79. The van der Waals surface area contributed by atoms with Crippen molar-refractivity contribution in [3.05, 3.63) is 24.5 Å². The Balaban J connectivity index is 2.31. The molecule has 0 aromatic carbocycles. The summed E-state index contributed by atoms with van der Waals surface area (Å²) in [5, 5.41) is 8.88. The van der Waals surface area contributed by atoms with Gasteiger partial charge in [-0.1, -0.05) is 18.7 Å². The molecule has 1 unspecified atom stereocenters. The predicted octanol–water partition coefficient (Wildman–Crippen LogP) is 2.40. The lowest BCUT2D eigenvalue weighted by Gasteiger charge is -2.11. The van der Waals surface area contributed by atoms with E-state index >= 15 is 0 Å². The molecule has 0 aliphatic heterocycles. The quantitative estimate of drug-likeness (QED) is 0.603. The first-order chi connectivity index (χ1) is 10.2. The zero-order valence-corrected chi connectivity index (χ0v) is 13.1. The highest BCUT2D eigenvalue weighted by molar-refractivity contribution is 8.00. The Kier molecular flexibility index (Phi) is 5.32. The van der Waals surface area contributed by atoms with Crippen molar-refractivity contribution < 1.29 is 9.53 Å². The van der Waals surface area contributed by atoms with Crippen LogP contribution in [0.5, 0.6) is 0 Å². The zero-order chi connectivity index (χ0) is 15.2. The maximum absolute atomic E-state index is 11.6. The molecule has 2 heterocycles. The van der Waals surface area contributed by atoms with Gasteiger partial charge in [0.15, 0.2) is 11.0 Å². The molecule has 2 aromatic rings. The molecule has 112 valence electrons. The lowest BCUT2D eigenvalue weighted by Crippen LogP contribution is -2.16. The molecule has 0 aliphatic rings. The minimum absolute atomic E-state index is 0.267. The van der Waals surface area contributed by atoms with Crippen molar-refractivity contribution in [3.63, 3.8) is 0 Å².